The first-order valence-corrected chi connectivity index (χ1v) is 18.3. The third kappa shape index (κ3) is 8.44. The van der Waals surface area contributed by atoms with E-state index >= 15 is 0 Å². The van der Waals surface area contributed by atoms with Gasteiger partial charge in [0.25, 0.3) is 6.01 Å². The van der Waals surface area contributed by atoms with Crippen LogP contribution in [-0.4, -0.2) is 95.1 Å². The summed E-state index contributed by atoms with van der Waals surface area (Å²) in [6, 6.07) is 19.0. The molecule has 2 N–H and O–H groups in total. The third-order valence-corrected chi connectivity index (χ3v) is 10.2. The van der Waals surface area contributed by atoms with Crippen molar-refractivity contribution in [1.82, 2.24) is 24.8 Å². The van der Waals surface area contributed by atoms with E-state index in [4.69, 9.17) is 26.4 Å². The fourth-order valence-electron chi connectivity index (χ4n) is 6.36. The van der Waals surface area contributed by atoms with Crippen molar-refractivity contribution < 1.29 is 23.1 Å². The van der Waals surface area contributed by atoms with E-state index in [1.54, 1.807) is 0 Å². The van der Waals surface area contributed by atoms with Crippen molar-refractivity contribution >= 4 is 38.6 Å². The van der Waals surface area contributed by atoms with Crippen LogP contribution in [0.1, 0.15) is 37.7 Å². The Bertz CT molecular complexity index is 1760. The molecule has 1 saturated heterocycles. The number of carboxylic acid groups (broad SMARTS) is 1. The molecule has 3 heterocycles. The molecule has 2 aromatic heterocycles. The number of pyridine rings is 1. The fraction of sp³-hybridized carbons (Fsp3) is 0.441. The molecule has 0 spiro atoms. The number of piperazine rings is 1. The molecule has 0 radical (unpaired) electrons. The summed E-state index contributed by atoms with van der Waals surface area (Å²) in [5, 5.41) is 9.57. The maximum absolute atomic E-state index is 11.5. The van der Waals surface area contributed by atoms with E-state index in [1.807, 2.05) is 18.2 Å². The van der Waals surface area contributed by atoms with Gasteiger partial charge in [-0.25, -0.2) is 13.4 Å². The summed E-state index contributed by atoms with van der Waals surface area (Å²) < 4.78 is 29.0. The average molecular weight is 666 g/mol. The number of rotatable bonds is 11. The number of benzene rings is 2. The average Bonchev–Trinajstić information content (AvgIpc) is 3.42. The lowest BCUT2D eigenvalue weighted by Crippen LogP contribution is -2.47. The number of carbonyl (C=O) groups is 1. The van der Waals surface area contributed by atoms with E-state index in [0.717, 1.165) is 75.1 Å². The molecule has 1 aliphatic carbocycles. The van der Waals surface area contributed by atoms with Crippen molar-refractivity contribution in [2.24, 2.45) is 5.92 Å². The van der Waals surface area contributed by atoms with Gasteiger partial charge in [-0.15, -0.1) is 0 Å². The minimum Gasteiger partial charge on any atom is -0.481 e. The first-order chi connectivity index (χ1) is 22.1. The van der Waals surface area contributed by atoms with E-state index in [2.05, 4.69) is 56.2 Å². The smallest absolute Gasteiger partial charge is 0.303 e. The van der Waals surface area contributed by atoms with Crippen LogP contribution in [0.5, 0.6) is 6.01 Å². The minimum atomic E-state index is -2.93. The van der Waals surface area contributed by atoms with Crippen molar-refractivity contribution in [3.05, 3.63) is 65.2 Å². The molecule has 6 rings (SSSR count). The zero-order valence-electron chi connectivity index (χ0n) is 26.0. The Balaban J connectivity index is 1.04. The number of nitrogens with one attached hydrogen (secondary N) is 1. The molecule has 1 saturated carbocycles. The van der Waals surface area contributed by atoms with Gasteiger partial charge >= 0.3 is 5.97 Å². The second-order valence-electron chi connectivity index (χ2n) is 12.6. The van der Waals surface area contributed by atoms with Crippen molar-refractivity contribution in [3.63, 3.8) is 0 Å². The van der Waals surface area contributed by atoms with Gasteiger partial charge in [-0.2, -0.15) is 4.98 Å². The van der Waals surface area contributed by atoms with E-state index in [0.29, 0.717) is 34.4 Å². The monoisotopic (exact) mass is 665 g/mol. The Morgan fingerprint density at radius 2 is 1.54 bits per heavy atom. The molecular formula is C34H40ClN5O5S. The van der Waals surface area contributed by atoms with Gasteiger partial charge in [-0.3, -0.25) is 14.6 Å². The molecule has 12 heteroatoms. The zero-order chi connectivity index (χ0) is 32.3. The van der Waals surface area contributed by atoms with Crippen LogP contribution in [0.25, 0.3) is 33.5 Å². The Labute approximate surface area is 274 Å². The van der Waals surface area contributed by atoms with Gasteiger partial charge < -0.3 is 14.8 Å². The minimum absolute atomic E-state index is 0.00171. The van der Waals surface area contributed by atoms with Gasteiger partial charge in [0.1, 0.15) is 15.9 Å². The topological polar surface area (TPSA) is 129 Å². The number of nitrogens with zero attached hydrogens (tertiary/aromatic N) is 4. The number of carboxylic acids is 1. The standard InChI is InChI=1S/C34H40ClN5O5S/c1-46(43,44)19-18-39-14-16-40(17-15-39)22-24-2-6-25(7-3-24)26-8-10-27(11-9-26)32-29(35)21-30-33(37-32)38-34(36-30)45-28-12-4-23(5-13-28)20-31(41)42/h2-3,6-11,21,23,28H,4-5,12-20,22H2,1H3,(H,41,42)(H,36,37,38). The number of hydrogen-bond donors (Lipinski definition) is 2. The van der Waals surface area contributed by atoms with Crippen molar-refractivity contribution in [2.45, 2.75) is 44.8 Å². The molecule has 0 atom stereocenters. The number of H-pyrrole nitrogens is 1. The van der Waals surface area contributed by atoms with Crippen LogP contribution in [0, 0.1) is 5.92 Å². The summed E-state index contributed by atoms with van der Waals surface area (Å²) in [5.74, 6) is -0.313. The fourth-order valence-corrected chi connectivity index (χ4v) is 7.21. The maximum atomic E-state index is 11.5. The summed E-state index contributed by atoms with van der Waals surface area (Å²) in [5.41, 5.74) is 6.26. The van der Waals surface area contributed by atoms with Crippen LogP contribution >= 0.6 is 11.6 Å². The summed E-state index contributed by atoms with van der Waals surface area (Å²) in [4.78, 5) is 28.1. The van der Waals surface area contributed by atoms with Gasteiger partial charge in [0.05, 0.1) is 22.0 Å². The molecule has 1 aliphatic heterocycles. The van der Waals surface area contributed by atoms with E-state index < -0.39 is 15.8 Å². The number of aliphatic carboxylic acids is 1. The van der Waals surface area contributed by atoms with Gasteiger partial charge in [0, 0.05) is 57.5 Å². The predicted octanol–water partition coefficient (Wildman–Crippen LogP) is 5.52. The van der Waals surface area contributed by atoms with Crippen LogP contribution < -0.4 is 4.74 Å². The molecule has 2 aromatic carbocycles. The highest BCUT2D eigenvalue weighted by Gasteiger charge is 2.25. The van der Waals surface area contributed by atoms with Crippen LogP contribution in [-0.2, 0) is 21.2 Å². The first kappa shape index (κ1) is 32.4. The Morgan fingerprint density at radius 1 is 0.935 bits per heavy atom. The van der Waals surface area contributed by atoms with E-state index in [-0.39, 0.29) is 24.2 Å². The number of hydrogen-bond acceptors (Lipinski definition) is 8. The molecule has 10 nitrogen and oxygen atoms in total. The van der Waals surface area contributed by atoms with Gasteiger partial charge in [0.15, 0.2) is 5.65 Å². The Hall–Kier alpha value is -3.51. The summed E-state index contributed by atoms with van der Waals surface area (Å²) >= 11 is 6.66. The van der Waals surface area contributed by atoms with E-state index in [9.17, 15) is 13.2 Å². The Morgan fingerprint density at radius 3 is 2.17 bits per heavy atom. The van der Waals surface area contributed by atoms with Crippen LogP contribution in [0.4, 0.5) is 0 Å². The normalized spacial score (nSPS) is 19.8. The molecule has 244 valence electrons. The molecule has 2 aliphatic rings. The number of aromatic nitrogens is 3. The van der Waals surface area contributed by atoms with Crippen molar-refractivity contribution in [1.29, 1.82) is 0 Å². The molecular weight excluding hydrogens is 626 g/mol. The molecule has 0 unspecified atom stereocenters. The van der Waals surface area contributed by atoms with Crippen molar-refractivity contribution in [3.8, 4) is 28.4 Å². The number of halogens is 1. The molecule has 46 heavy (non-hydrogen) atoms. The number of fused-ring (bicyclic) bond motifs is 1. The summed E-state index contributed by atoms with van der Waals surface area (Å²) in [7, 11) is -2.93. The van der Waals surface area contributed by atoms with Gasteiger partial charge in [0.2, 0.25) is 0 Å². The lowest BCUT2D eigenvalue weighted by atomic mass is 9.85. The predicted molar refractivity (Wildman–Crippen MR) is 180 cm³/mol. The van der Waals surface area contributed by atoms with Crippen LogP contribution in [0.2, 0.25) is 5.02 Å². The Kier molecular flexibility index (Phi) is 9.93. The third-order valence-electron chi connectivity index (χ3n) is 9.04. The second-order valence-corrected chi connectivity index (χ2v) is 15.3. The lowest BCUT2D eigenvalue weighted by Gasteiger charge is -2.34. The molecule has 2 fully saturated rings. The van der Waals surface area contributed by atoms with Crippen molar-refractivity contribution in [2.75, 3.05) is 44.7 Å². The SMILES string of the molecule is CS(=O)(=O)CCN1CCN(Cc2ccc(-c3ccc(-c4nc5nc(OC6CCC(CC(=O)O)CC6)[nH]c5cc4Cl)cc3)cc2)CC1. The summed E-state index contributed by atoms with van der Waals surface area (Å²) in [6.07, 6.45) is 4.78. The lowest BCUT2D eigenvalue weighted by molar-refractivity contribution is -0.138. The number of sulfone groups is 1. The quantitative estimate of drug-likeness (QED) is 0.213. The highest BCUT2D eigenvalue weighted by atomic mass is 35.5. The highest BCUT2D eigenvalue weighted by molar-refractivity contribution is 7.90. The highest BCUT2D eigenvalue weighted by Crippen LogP contribution is 2.33. The van der Waals surface area contributed by atoms with Gasteiger partial charge in [-0.1, -0.05) is 60.1 Å². The molecule has 0 amide bonds. The van der Waals surface area contributed by atoms with Crippen LogP contribution in [0.15, 0.2) is 54.6 Å². The zero-order valence-corrected chi connectivity index (χ0v) is 27.6. The molecule has 0 bridgehead atoms. The molecule has 4 aromatic rings. The van der Waals surface area contributed by atoms with Crippen LogP contribution in [0.3, 0.4) is 0 Å². The first-order valence-electron chi connectivity index (χ1n) is 15.8. The second kappa shape index (κ2) is 14.1. The van der Waals surface area contributed by atoms with E-state index in [1.165, 1.54) is 11.8 Å². The van der Waals surface area contributed by atoms with Gasteiger partial charge in [-0.05, 0) is 54.4 Å². The summed E-state index contributed by atoms with van der Waals surface area (Å²) in [6.45, 7) is 5.12. The largest absolute Gasteiger partial charge is 0.481 e. The number of aromatic amines is 1. The number of ether oxygens (including phenoxy) is 1. The number of imidazole rings is 1. The maximum Gasteiger partial charge on any atom is 0.303 e.